The van der Waals surface area contributed by atoms with Gasteiger partial charge in [0.2, 0.25) is 0 Å². The fraction of sp³-hybridized carbons (Fsp3) is 0.417. The van der Waals surface area contributed by atoms with Gasteiger partial charge >= 0.3 is 0 Å². The average molecular weight is 229 g/mol. The van der Waals surface area contributed by atoms with Crippen molar-refractivity contribution in [3.63, 3.8) is 0 Å². The van der Waals surface area contributed by atoms with Gasteiger partial charge in [0, 0.05) is 31.2 Å². The maximum absolute atomic E-state index is 4.36. The molecule has 3 rings (SSSR count). The molecule has 0 bridgehead atoms. The van der Waals surface area contributed by atoms with Gasteiger partial charge in [0.15, 0.2) is 0 Å². The molecule has 1 saturated carbocycles. The Morgan fingerprint density at radius 2 is 2.06 bits per heavy atom. The number of rotatable bonds is 5. The summed E-state index contributed by atoms with van der Waals surface area (Å²) < 4.78 is 2.01. The van der Waals surface area contributed by atoms with Crippen molar-refractivity contribution in [1.29, 1.82) is 0 Å². The minimum absolute atomic E-state index is 0.678. The zero-order chi connectivity index (χ0) is 11.5. The zero-order valence-electron chi connectivity index (χ0n) is 9.58. The topological polar surface area (TPSA) is 55.6 Å². The van der Waals surface area contributed by atoms with E-state index in [0.717, 1.165) is 24.1 Å². The number of imidazole rings is 1. The normalized spacial score (nSPS) is 15.1. The molecular formula is C12H15N5. The molecule has 0 aromatic carbocycles. The van der Waals surface area contributed by atoms with Crippen LogP contribution in [-0.2, 0) is 13.1 Å². The van der Waals surface area contributed by atoms with E-state index in [1.165, 1.54) is 12.8 Å². The van der Waals surface area contributed by atoms with Crippen LogP contribution in [0.15, 0.2) is 31.0 Å². The number of hydrogen-bond donors (Lipinski definition) is 1. The Bertz CT molecular complexity index is 475. The Morgan fingerprint density at radius 1 is 1.24 bits per heavy atom. The van der Waals surface area contributed by atoms with E-state index in [4.69, 9.17) is 0 Å². The summed E-state index contributed by atoms with van der Waals surface area (Å²) in [5.41, 5.74) is 1.08. The third-order valence-electron chi connectivity index (χ3n) is 2.78. The van der Waals surface area contributed by atoms with Crippen LogP contribution in [0.25, 0.3) is 0 Å². The molecule has 2 aromatic rings. The molecule has 1 fully saturated rings. The standard InChI is InChI=1S/C12H15N5/c1-4-13-12(14-5-1)8-17-7-11(16-9-17)6-15-10-2-3-10/h1,4-5,7,9-10,15H,2-3,6,8H2. The van der Waals surface area contributed by atoms with Crippen LogP contribution in [0.1, 0.15) is 24.4 Å². The maximum Gasteiger partial charge on any atom is 0.147 e. The van der Waals surface area contributed by atoms with Crippen LogP contribution in [0.2, 0.25) is 0 Å². The van der Waals surface area contributed by atoms with E-state index < -0.39 is 0 Å². The molecule has 5 nitrogen and oxygen atoms in total. The lowest BCUT2D eigenvalue weighted by Gasteiger charge is -2.00. The van der Waals surface area contributed by atoms with Crippen molar-refractivity contribution >= 4 is 0 Å². The predicted octanol–water partition coefficient (Wildman–Crippen LogP) is 0.973. The van der Waals surface area contributed by atoms with E-state index in [1.54, 1.807) is 12.4 Å². The average Bonchev–Trinajstić information content (AvgIpc) is 3.09. The molecule has 0 radical (unpaired) electrons. The lowest BCUT2D eigenvalue weighted by molar-refractivity contribution is 0.675. The summed E-state index contributed by atoms with van der Waals surface area (Å²) in [6.07, 6.45) is 10.0. The summed E-state index contributed by atoms with van der Waals surface area (Å²) in [6.45, 7) is 1.53. The van der Waals surface area contributed by atoms with Gasteiger partial charge in [-0.2, -0.15) is 0 Å². The molecule has 1 aliphatic carbocycles. The number of nitrogens with one attached hydrogen (secondary N) is 1. The highest BCUT2D eigenvalue weighted by molar-refractivity contribution is 5.00. The first-order chi connectivity index (χ1) is 8.40. The molecular weight excluding hydrogens is 214 g/mol. The minimum atomic E-state index is 0.678. The third kappa shape index (κ3) is 2.88. The van der Waals surface area contributed by atoms with E-state index in [9.17, 15) is 0 Å². The van der Waals surface area contributed by atoms with Gasteiger partial charge in [-0.3, -0.25) is 0 Å². The predicted molar refractivity (Wildman–Crippen MR) is 63.2 cm³/mol. The summed E-state index contributed by atoms with van der Waals surface area (Å²) in [7, 11) is 0. The molecule has 2 heterocycles. The van der Waals surface area contributed by atoms with Gasteiger partial charge in [-0.05, 0) is 18.9 Å². The van der Waals surface area contributed by atoms with E-state index in [0.29, 0.717) is 6.54 Å². The van der Waals surface area contributed by atoms with Gasteiger partial charge in [0.25, 0.3) is 0 Å². The van der Waals surface area contributed by atoms with Gasteiger partial charge in [-0.1, -0.05) is 0 Å². The first-order valence-electron chi connectivity index (χ1n) is 5.90. The number of nitrogens with zero attached hydrogens (tertiary/aromatic N) is 4. The Balaban J connectivity index is 1.59. The highest BCUT2D eigenvalue weighted by Gasteiger charge is 2.20. The van der Waals surface area contributed by atoms with Gasteiger partial charge in [0.1, 0.15) is 5.82 Å². The largest absolute Gasteiger partial charge is 0.329 e. The van der Waals surface area contributed by atoms with E-state index >= 15 is 0 Å². The van der Waals surface area contributed by atoms with Crippen molar-refractivity contribution < 1.29 is 0 Å². The fourth-order valence-electron chi connectivity index (χ4n) is 1.70. The van der Waals surface area contributed by atoms with Crippen molar-refractivity contribution in [3.05, 3.63) is 42.5 Å². The Hall–Kier alpha value is -1.75. The van der Waals surface area contributed by atoms with Crippen molar-refractivity contribution in [2.75, 3.05) is 0 Å². The first-order valence-corrected chi connectivity index (χ1v) is 5.90. The Morgan fingerprint density at radius 3 is 2.82 bits per heavy atom. The van der Waals surface area contributed by atoms with Crippen LogP contribution in [0.3, 0.4) is 0 Å². The monoisotopic (exact) mass is 229 g/mol. The molecule has 1 N–H and O–H groups in total. The summed E-state index contributed by atoms with van der Waals surface area (Å²) in [5.74, 6) is 0.812. The molecule has 0 amide bonds. The second-order valence-corrected chi connectivity index (χ2v) is 4.36. The molecule has 88 valence electrons. The Labute approximate surface area is 99.9 Å². The van der Waals surface area contributed by atoms with Crippen LogP contribution in [-0.4, -0.2) is 25.6 Å². The van der Waals surface area contributed by atoms with E-state index in [2.05, 4.69) is 20.3 Å². The highest BCUT2D eigenvalue weighted by Crippen LogP contribution is 2.18. The van der Waals surface area contributed by atoms with E-state index in [1.807, 2.05) is 23.2 Å². The molecule has 0 atom stereocenters. The van der Waals surface area contributed by atoms with Crippen LogP contribution in [0.4, 0.5) is 0 Å². The summed E-state index contributed by atoms with van der Waals surface area (Å²) >= 11 is 0. The van der Waals surface area contributed by atoms with Gasteiger partial charge < -0.3 is 9.88 Å². The summed E-state index contributed by atoms with van der Waals surface area (Å²) in [6, 6.07) is 2.54. The highest BCUT2D eigenvalue weighted by atomic mass is 15.1. The van der Waals surface area contributed by atoms with Gasteiger partial charge in [-0.15, -0.1) is 0 Å². The molecule has 0 saturated heterocycles. The molecule has 1 aliphatic rings. The maximum atomic E-state index is 4.36. The Kier molecular flexibility index (Phi) is 2.83. The van der Waals surface area contributed by atoms with Crippen LogP contribution in [0.5, 0.6) is 0 Å². The van der Waals surface area contributed by atoms with Gasteiger partial charge in [-0.25, -0.2) is 15.0 Å². The second-order valence-electron chi connectivity index (χ2n) is 4.36. The molecule has 17 heavy (non-hydrogen) atoms. The summed E-state index contributed by atoms with van der Waals surface area (Å²) in [4.78, 5) is 12.7. The van der Waals surface area contributed by atoms with Crippen molar-refractivity contribution in [1.82, 2.24) is 24.8 Å². The summed E-state index contributed by atoms with van der Waals surface area (Å²) in [5, 5.41) is 3.44. The number of hydrogen-bond acceptors (Lipinski definition) is 4. The van der Waals surface area contributed by atoms with Gasteiger partial charge in [0.05, 0.1) is 18.6 Å². The second kappa shape index (κ2) is 4.63. The molecule has 5 heteroatoms. The molecule has 0 spiro atoms. The quantitative estimate of drug-likeness (QED) is 0.830. The third-order valence-corrected chi connectivity index (χ3v) is 2.78. The molecule has 0 unspecified atom stereocenters. The van der Waals surface area contributed by atoms with Crippen molar-refractivity contribution in [3.8, 4) is 0 Å². The molecule has 0 aliphatic heterocycles. The molecule has 2 aromatic heterocycles. The van der Waals surface area contributed by atoms with Crippen LogP contribution < -0.4 is 5.32 Å². The first kappa shape index (κ1) is 10.4. The lowest BCUT2D eigenvalue weighted by Crippen LogP contribution is -2.15. The van der Waals surface area contributed by atoms with Crippen LogP contribution >= 0.6 is 0 Å². The smallest absolute Gasteiger partial charge is 0.147 e. The fourth-order valence-corrected chi connectivity index (χ4v) is 1.70. The minimum Gasteiger partial charge on any atom is -0.329 e. The number of aromatic nitrogens is 4. The van der Waals surface area contributed by atoms with E-state index in [-0.39, 0.29) is 0 Å². The van der Waals surface area contributed by atoms with Crippen molar-refractivity contribution in [2.45, 2.75) is 32.0 Å². The van der Waals surface area contributed by atoms with Crippen molar-refractivity contribution in [2.24, 2.45) is 0 Å². The SMILES string of the molecule is c1cnc(Cn2cnc(CNC3CC3)c2)nc1. The lowest BCUT2D eigenvalue weighted by atomic mass is 10.4. The van der Waals surface area contributed by atoms with Crippen LogP contribution in [0, 0.1) is 0 Å². The zero-order valence-corrected chi connectivity index (χ0v) is 9.58.